The van der Waals surface area contributed by atoms with Crippen molar-refractivity contribution < 1.29 is 17.6 Å². The average Bonchev–Trinajstić information content (AvgIpc) is 2.33. The van der Waals surface area contributed by atoms with E-state index in [9.17, 15) is 17.6 Å². The van der Waals surface area contributed by atoms with E-state index in [0.717, 1.165) is 18.6 Å². The molecule has 1 aliphatic carbocycles. The molecule has 1 aromatic rings. The second kappa shape index (κ2) is 6.32. The summed E-state index contributed by atoms with van der Waals surface area (Å²) in [7, 11) is 1.25. The minimum Gasteiger partial charge on any atom is -0.352 e. The number of aryl methyl sites for hydroxylation is 1. The molecule has 1 aliphatic rings. The summed E-state index contributed by atoms with van der Waals surface area (Å²) >= 11 is 0. The van der Waals surface area contributed by atoms with E-state index in [-0.39, 0.29) is 16.0 Å². The van der Waals surface area contributed by atoms with Gasteiger partial charge in [-0.25, -0.2) is 12.8 Å². The predicted octanol–water partition coefficient (Wildman–Crippen LogP) is 2.98. The van der Waals surface area contributed by atoms with Crippen molar-refractivity contribution in [1.29, 1.82) is 0 Å². The van der Waals surface area contributed by atoms with E-state index >= 15 is 0 Å². The Bertz CT molecular complexity index is 656. The summed E-state index contributed by atoms with van der Waals surface area (Å²) in [5.41, 5.74) is -0.219. The first kappa shape index (κ1) is 16.2. The summed E-state index contributed by atoms with van der Waals surface area (Å²) in [6, 6.07) is 2.09. The molecule has 0 saturated heterocycles. The number of rotatable bonds is 5. The number of hydrogen-bond acceptors (Lipinski definition) is 3. The number of carbonyl (C=O) groups excluding carboxylic acids is 1. The fraction of sp³-hybridized carbons (Fsp3) is 0.500. The van der Waals surface area contributed by atoms with Crippen molar-refractivity contribution in [3.8, 4) is 0 Å². The summed E-state index contributed by atoms with van der Waals surface area (Å²) in [4.78, 5) is 11.7. The van der Waals surface area contributed by atoms with Gasteiger partial charge in [0.15, 0.2) is 0 Å². The molecule has 0 heterocycles. The van der Waals surface area contributed by atoms with Gasteiger partial charge in [-0.3, -0.25) is 4.79 Å². The molecule has 1 aromatic carbocycles. The Morgan fingerprint density at radius 3 is 2.62 bits per heavy atom. The highest BCUT2D eigenvalue weighted by Crippen LogP contribution is 2.28. The van der Waals surface area contributed by atoms with Crippen LogP contribution in [0.5, 0.6) is 0 Å². The van der Waals surface area contributed by atoms with Crippen LogP contribution in [0.3, 0.4) is 0 Å². The SMILES string of the molecule is Cc1cc(S(=O)(=O)Cl)cc(C(=O)NCCC2CCC2)c1F. The van der Waals surface area contributed by atoms with Crippen LogP contribution < -0.4 is 5.32 Å². The van der Waals surface area contributed by atoms with Gasteiger partial charge in [-0.2, -0.15) is 0 Å². The van der Waals surface area contributed by atoms with Crippen molar-refractivity contribution in [2.75, 3.05) is 6.54 Å². The Balaban J connectivity index is 2.13. The first-order chi connectivity index (χ1) is 9.79. The minimum absolute atomic E-state index is 0.0702. The van der Waals surface area contributed by atoms with E-state index in [1.165, 1.54) is 26.2 Å². The van der Waals surface area contributed by atoms with Gasteiger partial charge < -0.3 is 5.32 Å². The normalized spacial score (nSPS) is 15.6. The van der Waals surface area contributed by atoms with Crippen LogP contribution in [0.1, 0.15) is 41.6 Å². The highest BCUT2D eigenvalue weighted by Gasteiger charge is 2.21. The van der Waals surface area contributed by atoms with Gasteiger partial charge in [0.25, 0.3) is 15.0 Å². The average molecular weight is 334 g/mol. The molecule has 0 atom stereocenters. The quantitative estimate of drug-likeness (QED) is 0.842. The van der Waals surface area contributed by atoms with E-state index < -0.39 is 20.8 Å². The third-order valence-electron chi connectivity index (χ3n) is 3.82. The zero-order valence-electron chi connectivity index (χ0n) is 11.7. The van der Waals surface area contributed by atoms with E-state index in [2.05, 4.69) is 5.32 Å². The van der Waals surface area contributed by atoms with Crippen molar-refractivity contribution in [3.63, 3.8) is 0 Å². The van der Waals surface area contributed by atoms with Crippen LogP contribution in [0.4, 0.5) is 4.39 Å². The van der Waals surface area contributed by atoms with E-state index in [4.69, 9.17) is 10.7 Å². The molecule has 21 heavy (non-hydrogen) atoms. The lowest BCUT2D eigenvalue weighted by molar-refractivity contribution is 0.0944. The highest BCUT2D eigenvalue weighted by atomic mass is 35.7. The minimum atomic E-state index is -4.00. The summed E-state index contributed by atoms with van der Waals surface area (Å²) < 4.78 is 36.6. The highest BCUT2D eigenvalue weighted by molar-refractivity contribution is 8.13. The van der Waals surface area contributed by atoms with Gasteiger partial charge in [0.05, 0.1) is 10.5 Å². The number of amides is 1. The molecule has 7 heteroatoms. The fourth-order valence-corrected chi connectivity index (χ4v) is 3.15. The molecule has 116 valence electrons. The Labute approximate surface area is 128 Å². The largest absolute Gasteiger partial charge is 0.352 e. The number of nitrogens with one attached hydrogen (secondary N) is 1. The van der Waals surface area contributed by atoms with E-state index in [1.54, 1.807) is 0 Å². The molecule has 0 unspecified atom stereocenters. The van der Waals surface area contributed by atoms with Gasteiger partial charge in [-0.15, -0.1) is 0 Å². The molecule has 0 aromatic heterocycles. The molecule has 0 spiro atoms. The van der Waals surface area contributed by atoms with Gasteiger partial charge in [-0.1, -0.05) is 19.3 Å². The van der Waals surface area contributed by atoms with E-state index in [1.807, 2.05) is 0 Å². The summed E-state index contributed by atoms with van der Waals surface area (Å²) in [5.74, 6) is -0.705. The van der Waals surface area contributed by atoms with Crippen LogP contribution in [-0.4, -0.2) is 20.9 Å². The topological polar surface area (TPSA) is 63.2 Å². The number of benzene rings is 1. The summed E-state index contributed by atoms with van der Waals surface area (Å²) in [5, 5.41) is 2.63. The fourth-order valence-electron chi connectivity index (χ4n) is 2.31. The van der Waals surface area contributed by atoms with Crippen molar-refractivity contribution in [2.24, 2.45) is 5.92 Å². The lowest BCUT2D eigenvalue weighted by Gasteiger charge is -2.25. The van der Waals surface area contributed by atoms with Gasteiger partial charge in [0.1, 0.15) is 5.82 Å². The van der Waals surface area contributed by atoms with Crippen LogP contribution in [-0.2, 0) is 9.05 Å². The van der Waals surface area contributed by atoms with Gasteiger partial charge >= 0.3 is 0 Å². The van der Waals surface area contributed by atoms with Crippen LogP contribution in [0.15, 0.2) is 17.0 Å². The maximum absolute atomic E-state index is 14.0. The molecule has 2 rings (SSSR count). The lowest BCUT2D eigenvalue weighted by Crippen LogP contribution is -2.28. The Kier molecular flexibility index (Phi) is 4.88. The second-order valence-corrected chi connectivity index (χ2v) is 7.95. The van der Waals surface area contributed by atoms with Crippen LogP contribution in [0.2, 0.25) is 0 Å². The molecule has 0 aliphatic heterocycles. The van der Waals surface area contributed by atoms with Crippen molar-refractivity contribution in [1.82, 2.24) is 5.32 Å². The van der Waals surface area contributed by atoms with Gasteiger partial charge in [0, 0.05) is 17.2 Å². The number of hydrogen-bond donors (Lipinski definition) is 1. The monoisotopic (exact) mass is 333 g/mol. The van der Waals surface area contributed by atoms with E-state index in [0.29, 0.717) is 12.5 Å². The molecule has 0 bridgehead atoms. The maximum atomic E-state index is 14.0. The number of carbonyl (C=O) groups is 1. The molecule has 1 fully saturated rings. The third-order valence-corrected chi connectivity index (χ3v) is 5.15. The zero-order chi connectivity index (χ0) is 15.6. The first-order valence-corrected chi connectivity index (χ1v) is 9.13. The second-order valence-electron chi connectivity index (χ2n) is 5.38. The van der Waals surface area contributed by atoms with Gasteiger partial charge in [-0.05, 0) is 37.0 Å². The zero-order valence-corrected chi connectivity index (χ0v) is 13.2. The number of halogens is 2. The maximum Gasteiger partial charge on any atom is 0.261 e. The summed E-state index contributed by atoms with van der Waals surface area (Å²) in [6.45, 7) is 1.85. The smallest absolute Gasteiger partial charge is 0.261 e. The Morgan fingerprint density at radius 2 is 2.10 bits per heavy atom. The van der Waals surface area contributed by atoms with Crippen LogP contribution in [0, 0.1) is 18.7 Å². The third kappa shape index (κ3) is 3.95. The molecule has 1 saturated carbocycles. The molecular weight excluding hydrogens is 317 g/mol. The van der Waals surface area contributed by atoms with Crippen molar-refractivity contribution in [3.05, 3.63) is 29.1 Å². The first-order valence-electron chi connectivity index (χ1n) is 6.82. The molecule has 1 N–H and O–H groups in total. The Morgan fingerprint density at radius 1 is 1.43 bits per heavy atom. The predicted molar refractivity (Wildman–Crippen MR) is 78.5 cm³/mol. The lowest BCUT2D eigenvalue weighted by atomic mass is 9.83. The molecule has 0 radical (unpaired) electrons. The van der Waals surface area contributed by atoms with Crippen LogP contribution >= 0.6 is 10.7 Å². The van der Waals surface area contributed by atoms with Crippen molar-refractivity contribution >= 4 is 25.6 Å². The van der Waals surface area contributed by atoms with Crippen molar-refractivity contribution in [2.45, 2.75) is 37.5 Å². The summed E-state index contributed by atoms with van der Waals surface area (Å²) in [6.07, 6.45) is 4.43. The van der Waals surface area contributed by atoms with Crippen LogP contribution in [0.25, 0.3) is 0 Å². The molecular formula is C14H17ClFNO3S. The standard InChI is InChI=1S/C14H17ClFNO3S/c1-9-7-11(21(15,19)20)8-12(13(9)16)14(18)17-6-5-10-3-2-4-10/h7-8,10H,2-6H2,1H3,(H,17,18). The van der Waals surface area contributed by atoms with Gasteiger partial charge in [0.2, 0.25) is 0 Å². The molecule has 4 nitrogen and oxygen atoms in total. The Hall–Kier alpha value is -1.14. The molecule has 1 amide bonds.